The zero-order chi connectivity index (χ0) is 9.26. The lowest BCUT2D eigenvalue weighted by atomic mass is 10.2. The van der Waals surface area contributed by atoms with Crippen LogP contribution in [0.3, 0.4) is 0 Å². The quantitative estimate of drug-likeness (QED) is 0.705. The first kappa shape index (κ1) is 8.50. The number of ether oxygens (including phenoxy) is 1. The van der Waals surface area contributed by atoms with Crippen molar-refractivity contribution >= 4 is 5.95 Å². The van der Waals surface area contributed by atoms with Gasteiger partial charge >= 0.3 is 0 Å². The van der Waals surface area contributed by atoms with Gasteiger partial charge in [-0.3, -0.25) is 0 Å². The highest BCUT2D eigenvalue weighted by molar-refractivity contribution is 5.15. The third kappa shape index (κ3) is 1.80. The predicted octanol–water partition coefficient (Wildman–Crippen LogP) is 0.119. The monoisotopic (exact) mass is 182 g/mol. The van der Waals surface area contributed by atoms with Crippen LogP contribution in [0.2, 0.25) is 0 Å². The highest BCUT2D eigenvalue weighted by Gasteiger charge is 2.18. The van der Waals surface area contributed by atoms with Gasteiger partial charge in [0.25, 0.3) is 0 Å². The van der Waals surface area contributed by atoms with Gasteiger partial charge < -0.3 is 10.5 Å². The summed E-state index contributed by atoms with van der Waals surface area (Å²) >= 11 is 0. The van der Waals surface area contributed by atoms with Crippen LogP contribution < -0.4 is 5.73 Å². The summed E-state index contributed by atoms with van der Waals surface area (Å²) in [6, 6.07) is 0. The number of nitrogens with two attached hydrogens (primary N) is 1. The molecule has 2 N–H and O–H groups in total. The third-order valence-corrected chi connectivity index (χ3v) is 2.27. The molecule has 0 saturated carbocycles. The van der Waals surface area contributed by atoms with Crippen LogP contribution >= 0.6 is 0 Å². The number of nitrogens with zero attached hydrogens (tertiary/aromatic N) is 3. The lowest BCUT2D eigenvalue weighted by Crippen LogP contribution is -2.10. The summed E-state index contributed by atoms with van der Waals surface area (Å²) in [6.45, 7) is 0.868. The van der Waals surface area contributed by atoms with Gasteiger partial charge in [0, 0.05) is 20.1 Å². The maximum absolute atomic E-state index is 5.56. The van der Waals surface area contributed by atoms with E-state index in [0.29, 0.717) is 12.1 Å². The van der Waals surface area contributed by atoms with Crippen molar-refractivity contribution in [2.24, 2.45) is 7.05 Å². The van der Waals surface area contributed by atoms with Crippen molar-refractivity contribution in [2.75, 3.05) is 12.3 Å². The average molecular weight is 182 g/mol. The number of rotatable bonds is 2. The molecule has 2 heterocycles. The van der Waals surface area contributed by atoms with Gasteiger partial charge in [0.05, 0.1) is 6.10 Å². The van der Waals surface area contributed by atoms with Crippen LogP contribution in [0.1, 0.15) is 18.7 Å². The third-order valence-electron chi connectivity index (χ3n) is 2.27. The smallest absolute Gasteiger partial charge is 0.218 e. The van der Waals surface area contributed by atoms with Gasteiger partial charge in [-0.25, -0.2) is 4.68 Å². The van der Waals surface area contributed by atoms with Gasteiger partial charge in [0.2, 0.25) is 5.95 Å². The molecule has 0 amide bonds. The Morgan fingerprint density at radius 2 is 2.54 bits per heavy atom. The molecule has 1 saturated heterocycles. The number of nitrogen functional groups attached to an aromatic ring is 1. The topological polar surface area (TPSA) is 66.0 Å². The van der Waals surface area contributed by atoms with Crippen molar-refractivity contribution in [1.82, 2.24) is 14.8 Å². The Morgan fingerprint density at radius 1 is 1.69 bits per heavy atom. The highest BCUT2D eigenvalue weighted by atomic mass is 16.5. The van der Waals surface area contributed by atoms with E-state index in [1.54, 1.807) is 11.7 Å². The van der Waals surface area contributed by atoms with Crippen LogP contribution in [0.4, 0.5) is 5.95 Å². The molecule has 1 fully saturated rings. The Labute approximate surface area is 76.9 Å². The molecular weight excluding hydrogens is 168 g/mol. The van der Waals surface area contributed by atoms with Crippen molar-refractivity contribution < 1.29 is 4.74 Å². The molecule has 1 atom stereocenters. The van der Waals surface area contributed by atoms with Crippen molar-refractivity contribution in [1.29, 1.82) is 0 Å². The van der Waals surface area contributed by atoms with E-state index < -0.39 is 0 Å². The average Bonchev–Trinajstić information content (AvgIpc) is 2.64. The fourth-order valence-electron chi connectivity index (χ4n) is 1.55. The standard InChI is InChI=1S/C8H14N4O/c1-12-8(9)10-7(11-12)5-6-3-2-4-13-6/h6H,2-5H2,1H3,(H2,9,10,11). The van der Waals surface area contributed by atoms with Gasteiger partial charge in [-0.1, -0.05) is 0 Å². The van der Waals surface area contributed by atoms with E-state index >= 15 is 0 Å². The number of aromatic nitrogens is 3. The molecule has 1 unspecified atom stereocenters. The van der Waals surface area contributed by atoms with Crippen LogP contribution in [0.15, 0.2) is 0 Å². The second kappa shape index (κ2) is 3.33. The van der Waals surface area contributed by atoms with Gasteiger partial charge in [0.1, 0.15) is 0 Å². The van der Waals surface area contributed by atoms with Crippen molar-refractivity contribution in [3.63, 3.8) is 0 Å². The summed E-state index contributed by atoms with van der Waals surface area (Å²) in [7, 11) is 1.79. The van der Waals surface area contributed by atoms with Crippen LogP contribution in [-0.2, 0) is 18.2 Å². The molecule has 13 heavy (non-hydrogen) atoms. The minimum atomic E-state index is 0.293. The van der Waals surface area contributed by atoms with E-state index in [4.69, 9.17) is 10.5 Å². The molecule has 1 aromatic rings. The molecule has 0 radical (unpaired) electrons. The van der Waals surface area contributed by atoms with Gasteiger partial charge in [-0.05, 0) is 12.8 Å². The molecule has 0 bridgehead atoms. The van der Waals surface area contributed by atoms with Crippen LogP contribution in [0.25, 0.3) is 0 Å². The SMILES string of the molecule is Cn1nc(CC2CCCO2)nc1N. The predicted molar refractivity (Wildman–Crippen MR) is 48.1 cm³/mol. The Morgan fingerprint density at radius 3 is 3.08 bits per heavy atom. The summed E-state index contributed by atoms with van der Waals surface area (Å²) in [6.07, 6.45) is 3.33. The van der Waals surface area contributed by atoms with E-state index in [2.05, 4.69) is 10.1 Å². The number of aryl methyl sites for hydroxylation is 1. The van der Waals surface area contributed by atoms with Crippen molar-refractivity contribution in [2.45, 2.75) is 25.4 Å². The van der Waals surface area contributed by atoms with Gasteiger partial charge in [-0.2, -0.15) is 10.1 Å². The maximum Gasteiger partial charge on any atom is 0.218 e. The van der Waals surface area contributed by atoms with Crippen LogP contribution in [-0.4, -0.2) is 27.5 Å². The summed E-state index contributed by atoms with van der Waals surface area (Å²) in [5, 5.41) is 4.17. The Kier molecular flexibility index (Phi) is 2.18. The summed E-state index contributed by atoms with van der Waals surface area (Å²) in [5.74, 6) is 1.25. The molecule has 2 rings (SSSR count). The molecule has 0 spiro atoms. The first-order valence-corrected chi connectivity index (χ1v) is 4.52. The molecule has 0 aromatic carbocycles. The normalized spacial score (nSPS) is 22.4. The largest absolute Gasteiger partial charge is 0.378 e. The zero-order valence-corrected chi connectivity index (χ0v) is 7.73. The number of anilines is 1. The first-order chi connectivity index (χ1) is 6.25. The van der Waals surface area contributed by atoms with E-state index in [1.165, 1.54) is 0 Å². The minimum Gasteiger partial charge on any atom is -0.378 e. The van der Waals surface area contributed by atoms with Gasteiger partial charge in [0.15, 0.2) is 5.82 Å². The van der Waals surface area contributed by atoms with Crippen LogP contribution in [0.5, 0.6) is 0 Å². The zero-order valence-electron chi connectivity index (χ0n) is 7.73. The molecule has 1 aliphatic heterocycles. The molecule has 0 aliphatic carbocycles. The lowest BCUT2D eigenvalue weighted by molar-refractivity contribution is 0.110. The molecule has 1 aliphatic rings. The maximum atomic E-state index is 5.56. The van der Waals surface area contributed by atoms with E-state index in [0.717, 1.165) is 31.7 Å². The molecule has 72 valence electrons. The highest BCUT2D eigenvalue weighted by Crippen LogP contribution is 2.15. The first-order valence-electron chi connectivity index (χ1n) is 4.52. The number of hydrogen-bond acceptors (Lipinski definition) is 4. The van der Waals surface area contributed by atoms with E-state index in [9.17, 15) is 0 Å². The fourth-order valence-corrected chi connectivity index (χ4v) is 1.55. The summed E-state index contributed by atoms with van der Waals surface area (Å²) < 4.78 is 7.06. The molecule has 1 aromatic heterocycles. The Balaban J connectivity index is 2.00. The van der Waals surface area contributed by atoms with Crippen LogP contribution in [0, 0.1) is 0 Å². The number of hydrogen-bond donors (Lipinski definition) is 1. The molecule has 5 heteroatoms. The van der Waals surface area contributed by atoms with Gasteiger partial charge in [-0.15, -0.1) is 0 Å². The second-order valence-electron chi connectivity index (χ2n) is 3.35. The Hall–Kier alpha value is -1.10. The Bertz CT molecular complexity index is 271. The molecule has 5 nitrogen and oxygen atoms in total. The minimum absolute atomic E-state index is 0.293. The fraction of sp³-hybridized carbons (Fsp3) is 0.750. The second-order valence-corrected chi connectivity index (χ2v) is 3.35. The van der Waals surface area contributed by atoms with Crippen molar-refractivity contribution in [3.8, 4) is 0 Å². The molecular formula is C8H14N4O. The van der Waals surface area contributed by atoms with E-state index in [1.807, 2.05) is 0 Å². The van der Waals surface area contributed by atoms with Crippen molar-refractivity contribution in [3.05, 3.63) is 5.82 Å². The summed E-state index contributed by atoms with van der Waals surface area (Å²) in [5.41, 5.74) is 5.56. The van der Waals surface area contributed by atoms with E-state index in [-0.39, 0.29) is 0 Å². The lowest BCUT2D eigenvalue weighted by Gasteiger charge is -2.04. The summed E-state index contributed by atoms with van der Waals surface area (Å²) in [4.78, 5) is 4.12.